The molecule has 2 aromatic heterocycles. The first-order valence-electron chi connectivity index (χ1n) is 11.8. The van der Waals surface area contributed by atoms with Crippen molar-refractivity contribution in [1.29, 1.82) is 0 Å². The van der Waals surface area contributed by atoms with E-state index in [2.05, 4.69) is 5.32 Å². The van der Waals surface area contributed by atoms with Crippen LogP contribution in [-0.2, 0) is 20.9 Å². The van der Waals surface area contributed by atoms with Crippen LogP contribution in [0.2, 0.25) is 5.02 Å². The molecule has 192 valence electrons. The molecule has 0 spiro atoms. The highest BCUT2D eigenvalue weighted by Crippen LogP contribution is 2.54. The van der Waals surface area contributed by atoms with E-state index >= 15 is 0 Å². The largest absolute Gasteiger partial charge is 0.325 e. The Labute approximate surface area is 235 Å². The number of thioether (sulfide) groups is 1. The second kappa shape index (κ2) is 9.85. The molecule has 3 unspecified atom stereocenters. The van der Waals surface area contributed by atoms with E-state index in [1.54, 1.807) is 36.4 Å². The molecule has 4 heterocycles. The lowest BCUT2D eigenvalue weighted by Gasteiger charge is -2.29. The van der Waals surface area contributed by atoms with Gasteiger partial charge in [0.25, 0.3) is 0 Å². The number of thiazole rings is 1. The number of fused-ring (bicyclic) bond motifs is 2. The molecule has 0 aliphatic carbocycles. The number of anilines is 2. The standard InChI is InChI=1S/C27H20ClN3O4S3/c1-14-4-10-17(11-5-14)31-24(33)21-20(18-3-2-12-36-18)23-26(37-22(21)25(31)34)30(27(35)38-23)13-19(32)29-16-8-6-15(28)7-9-16/h2-12,20-22H,13H2,1H3,(H,29,32). The fourth-order valence-electron chi connectivity index (χ4n) is 4.86. The lowest BCUT2D eigenvalue weighted by atomic mass is 9.87. The van der Waals surface area contributed by atoms with Gasteiger partial charge in [-0.05, 0) is 54.8 Å². The number of amides is 3. The summed E-state index contributed by atoms with van der Waals surface area (Å²) in [6, 6.07) is 17.8. The minimum Gasteiger partial charge on any atom is -0.325 e. The number of hydrogen-bond acceptors (Lipinski definition) is 7. The maximum Gasteiger partial charge on any atom is 0.308 e. The van der Waals surface area contributed by atoms with E-state index in [1.165, 1.54) is 32.6 Å². The number of imide groups is 1. The number of nitrogens with one attached hydrogen (secondary N) is 1. The summed E-state index contributed by atoms with van der Waals surface area (Å²) < 4.78 is 1.42. The molecule has 3 amide bonds. The van der Waals surface area contributed by atoms with Crippen LogP contribution < -0.4 is 15.1 Å². The lowest BCUT2D eigenvalue weighted by Crippen LogP contribution is -2.32. The van der Waals surface area contributed by atoms with E-state index in [0.717, 1.165) is 26.7 Å². The number of halogens is 1. The molecule has 38 heavy (non-hydrogen) atoms. The molecule has 0 bridgehead atoms. The highest BCUT2D eigenvalue weighted by molar-refractivity contribution is 8.00. The molecule has 2 aliphatic rings. The van der Waals surface area contributed by atoms with Gasteiger partial charge in [-0.2, -0.15) is 0 Å². The minimum absolute atomic E-state index is 0.210. The molecule has 1 fully saturated rings. The van der Waals surface area contributed by atoms with Gasteiger partial charge in [-0.15, -0.1) is 11.3 Å². The molecular weight excluding hydrogens is 562 g/mol. The average Bonchev–Trinajstić information content (AvgIpc) is 3.59. The van der Waals surface area contributed by atoms with Gasteiger partial charge < -0.3 is 5.32 Å². The number of aryl methyl sites for hydroxylation is 1. The zero-order chi connectivity index (χ0) is 26.6. The fourth-order valence-corrected chi connectivity index (χ4v) is 8.70. The number of benzene rings is 2. The van der Waals surface area contributed by atoms with Gasteiger partial charge in [0.1, 0.15) is 11.8 Å². The van der Waals surface area contributed by atoms with E-state index in [9.17, 15) is 19.2 Å². The summed E-state index contributed by atoms with van der Waals surface area (Å²) in [5.74, 6) is -2.04. The maximum absolute atomic E-state index is 13.8. The zero-order valence-electron chi connectivity index (χ0n) is 19.9. The Kier molecular flexibility index (Phi) is 6.51. The Morgan fingerprint density at radius 1 is 1.00 bits per heavy atom. The van der Waals surface area contributed by atoms with Gasteiger partial charge in [-0.1, -0.05) is 58.5 Å². The molecule has 2 aromatic carbocycles. The SMILES string of the molecule is Cc1ccc(N2C(=O)C3Sc4c(sc(=O)n4CC(=O)Nc4ccc(Cl)cc4)C(c4cccs4)C3C2=O)cc1. The number of hydrogen-bond donors (Lipinski definition) is 1. The second-order valence-electron chi connectivity index (χ2n) is 9.08. The zero-order valence-corrected chi connectivity index (χ0v) is 23.1. The van der Waals surface area contributed by atoms with E-state index in [0.29, 0.717) is 21.4 Å². The number of nitrogens with zero attached hydrogens (tertiary/aromatic N) is 2. The number of thiophene rings is 1. The third-order valence-corrected chi connectivity index (χ3v) is 10.4. The minimum atomic E-state index is -0.706. The molecular formula is C27H20ClN3O4S3. The molecule has 1 saturated heterocycles. The second-order valence-corrected chi connectivity index (χ2v) is 12.6. The van der Waals surface area contributed by atoms with Gasteiger partial charge in [-0.3, -0.25) is 23.7 Å². The van der Waals surface area contributed by atoms with Crippen molar-refractivity contribution in [2.75, 3.05) is 10.2 Å². The van der Waals surface area contributed by atoms with Crippen molar-refractivity contribution in [3.8, 4) is 0 Å². The first-order valence-corrected chi connectivity index (χ1v) is 14.7. The van der Waals surface area contributed by atoms with Crippen molar-refractivity contribution in [2.24, 2.45) is 5.92 Å². The normalized spacial score (nSPS) is 20.4. The highest BCUT2D eigenvalue weighted by atomic mass is 35.5. The fraction of sp³-hybridized carbons (Fsp3) is 0.185. The molecule has 0 radical (unpaired) electrons. The van der Waals surface area contributed by atoms with Crippen LogP contribution in [0.5, 0.6) is 0 Å². The molecule has 11 heteroatoms. The summed E-state index contributed by atoms with van der Waals surface area (Å²) in [6.45, 7) is 1.74. The number of carbonyl (C=O) groups is 3. The molecule has 2 aliphatic heterocycles. The van der Waals surface area contributed by atoms with Gasteiger partial charge >= 0.3 is 4.87 Å². The van der Waals surface area contributed by atoms with Crippen molar-refractivity contribution >= 4 is 75.1 Å². The quantitative estimate of drug-likeness (QED) is 0.320. The van der Waals surface area contributed by atoms with E-state index < -0.39 is 17.1 Å². The van der Waals surface area contributed by atoms with Gasteiger partial charge in [0.05, 0.1) is 16.6 Å². The van der Waals surface area contributed by atoms with Crippen LogP contribution in [0, 0.1) is 12.8 Å². The highest BCUT2D eigenvalue weighted by Gasteiger charge is 2.57. The Morgan fingerprint density at radius 2 is 1.74 bits per heavy atom. The van der Waals surface area contributed by atoms with Crippen LogP contribution in [0.1, 0.15) is 21.2 Å². The predicted molar refractivity (Wildman–Crippen MR) is 152 cm³/mol. The van der Waals surface area contributed by atoms with Crippen molar-refractivity contribution < 1.29 is 14.4 Å². The van der Waals surface area contributed by atoms with Crippen LogP contribution >= 0.6 is 46.0 Å². The maximum atomic E-state index is 13.8. The van der Waals surface area contributed by atoms with E-state index in [-0.39, 0.29) is 29.1 Å². The summed E-state index contributed by atoms with van der Waals surface area (Å²) in [5, 5.41) is 5.12. The number of rotatable bonds is 5. The van der Waals surface area contributed by atoms with Gasteiger partial charge in [0, 0.05) is 26.4 Å². The number of aromatic nitrogens is 1. The third-order valence-electron chi connectivity index (χ3n) is 6.62. The molecule has 3 atom stereocenters. The summed E-state index contributed by atoms with van der Waals surface area (Å²) in [6.07, 6.45) is 0. The first kappa shape index (κ1) is 25.1. The first-order chi connectivity index (χ1) is 18.3. The Morgan fingerprint density at radius 3 is 2.42 bits per heavy atom. The van der Waals surface area contributed by atoms with E-state index in [1.807, 2.05) is 36.6 Å². The van der Waals surface area contributed by atoms with Crippen LogP contribution in [0.3, 0.4) is 0 Å². The molecule has 6 rings (SSSR count). The molecule has 7 nitrogen and oxygen atoms in total. The van der Waals surface area contributed by atoms with Crippen molar-refractivity contribution in [2.45, 2.75) is 29.7 Å². The molecule has 0 saturated carbocycles. The molecule has 1 N–H and O–H groups in total. The van der Waals surface area contributed by atoms with Crippen LogP contribution in [0.15, 0.2) is 75.9 Å². The van der Waals surface area contributed by atoms with Crippen LogP contribution in [-0.4, -0.2) is 27.5 Å². The van der Waals surface area contributed by atoms with E-state index in [4.69, 9.17) is 11.6 Å². The third kappa shape index (κ3) is 4.31. The van der Waals surface area contributed by atoms with Crippen LogP contribution in [0.4, 0.5) is 11.4 Å². The van der Waals surface area contributed by atoms with Crippen molar-refractivity contribution in [3.63, 3.8) is 0 Å². The van der Waals surface area contributed by atoms with Crippen molar-refractivity contribution in [1.82, 2.24) is 4.57 Å². The van der Waals surface area contributed by atoms with Gasteiger partial charge in [-0.25, -0.2) is 4.90 Å². The smallest absolute Gasteiger partial charge is 0.308 e. The van der Waals surface area contributed by atoms with Crippen molar-refractivity contribution in [3.05, 3.63) is 96.1 Å². The van der Waals surface area contributed by atoms with Gasteiger partial charge in [0.2, 0.25) is 17.7 Å². The topological polar surface area (TPSA) is 88.5 Å². The molecule has 4 aromatic rings. The Balaban J connectivity index is 1.38. The Bertz CT molecular complexity index is 1610. The van der Waals surface area contributed by atoms with Gasteiger partial charge in [0.15, 0.2) is 0 Å². The van der Waals surface area contributed by atoms with Crippen LogP contribution in [0.25, 0.3) is 0 Å². The monoisotopic (exact) mass is 581 g/mol. The lowest BCUT2D eigenvalue weighted by molar-refractivity contribution is -0.122. The summed E-state index contributed by atoms with van der Waals surface area (Å²) in [5.41, 5.74) is 2.12. The predicted octanol–water partition coefficient (Wildman–Crippen LogP) is 5.37. The Hall–Kier alpha value is -3.18. The average molecular weight is 582 g/mol. The summed E-state index contributed by atoms with van der Waals surface area (Å²) in [4.78, 5) is 56.1. The number of carbonyl (C=O) groups excluding carboxylic acids is 3. The summed E-state index contributed by atoms with van der Waals surface area (Å²) in [7, 11) is 0. The summed E-state index contributed by atoms with van der Waals surface area (Å²) >= 11 is 9.67.